The summed E-state index contributed by atoms with van der Waals surface area (Å²) >= 11 is 2.98. The summed E-state index contributed by atoms with van der Waals surface area (Å²) in [7, 11) is 0. The van der Waals surface area contributed by atoms with Crippen LogP contribution in [0.2, 0.25) is 0 Å². The fourth-order valence-corrected chi connectivity index (χ4v) is 0.762. The van der Waals surface area contributed by atoms with E-state index in [2.05, 4.69) is 26.1 Å². The molecule has 6 heteroatoms. The van der Waals surface area contributed by atoms with Gasteiger partial charge < -0.3 is 0 Å². The Kier molecular flexibility index (Phi) is 2.31. The van der Waals surface area contributed by atoms with E-state index in [1.54, 1.807) is 0 Å². The number of hydrogen-bond donors (Lipinski definition) is 0. The summed E-state index contributed by atoms with van der Waals surface area (Å²) in [5.74, 6) is 0. The Morgan fingerprint density at radius 3 is 2.80 bits per heavy atom. The van der Waals surface area contributed by atoms with Gasteiger partial charge in [-0.25, -0.2) is 8.78 Å². The standard InChI is InChI=1S/C4H4BrF2N3/c5-3-1-8-10(9-3)2-4(6)7/h1,4H,2H2. The van der Waals surface area contributed by atoms with Crippen LogP contribution in [0.1, 0.15) is 0 Å². The van der Waals surface area contributed by atoms with Crippen LogP contribution < -0.4 is 0 Å². The van der Waals surface area contributed by atoms with Gasteiger partial charge in [0.05, 0.1) is 6.20 Å². The molecule has 0 saturated carbocycles. The molecule has 0 atom stereocenters. The van der Waals surface area contributed by atoms with Crippen LogP contribution in [-0.4, -0.2) is 21.4 Å². The van der Waals surface area contributed by atoms with Gasteiger partial charge in [0.25, 0.3) is 6.43 Å². The van der Waals surface area contributed by atoms with Crippen molar-refractivity contribution < 1.29 is 8.78 Å². The van der Waals surface area contributed by atoms with Crippen molar-refractivity contribution in [1.29, 1.82) is 0 Å². The maximum atomic E-state index is 11.6. The lowest BCUT2D eigenvalue weighted by Crippen LogP contribution is -2.09. The van der Waals surface area contributed by atoms with Gasteiger partial charge in [-0.3, -0.25) is 0 Å². The molecule has 1 heterocycles. The largest absolute Gasteiger partial charge is 0.259 e. The molecule has 0 aliphatic carbocycles. The molecule has 0 aromatic carbocycles. The van der Waals surface area contributed by atoms with E-state index in [0.717, 1.165) is 4.80 Å². The van der Waals surface area contributed by atoms with Crippen molar-refractivity contribution >= 4 is 15.9 Å². The second-order valence-electron chi connectivity index (χ2n) is 1.61. The summed E-state index contributed by atoms with van der Waals surface area (Å²) in [6.07, 6.45) is -1.04. The fraction of sp³-hybridized carbons (Fsp3) is 0.500. The first kappa shape index (κ1) is 7.59. The fourth-order valence-electron chi connectivity index (χ4n) is 0.488. The van der Waals surface area contributed by atoms with Crippen LogP contribution in [0.5, 0.6) is 0 Å². The smallest absolute Gasteiger partial charge is 0.208 e. The number of nitrogens with zero attached hydrogens (tertiary/aromatic N) is 3. The van der Waals surface area contributed by atoms with E-state index in [1.165, 1.54) is 6.20 Å². The van der Waals surface area contributed by atoms with Gasteiger partial charge >= 0.3 is 0 Å². The van der Waals surface area contributed by atoms with Crippen molar-refractivity contribution in [3.05, 3.63) is 10.8 Å². The minimum atomic E-state index is -2.40. The Balaban J connectivity index is 2.58. The summed E-state index contributed by atoms with van der Waals surface area (Å²) in [4.78, 5) is 0.939. The lowest BCUT2D eigenvalue weighted by Gasteiger charge is -1.94. The van der Waals surface area contributed by atoms with E-state index in [0.29, 0.717) is 4.60 Å². The third-order valence-electron chi connectivity index (χ3n) is 0.810. The molecule has 0 fully saturated rings. The van der Waals surface area contributed by atoms with Gasteiger partial charge in [0, 0.05) is 0 Å². The number of halogens is 3. The molecule has 1 aromatic heterocycles. The average molecular weight is 212 g/mol. The Hall–Kier alpha value is -0.520. The van der Waals surface area contributed by atoms with Crippen LogP contribution in [0, 0.1) is 0 Å². The maximum absolute atomic E-state index is 11.6. The number of rotatable bonds is 2. The third kappa shape index (κ3) is 2.02. The van der Waals surface area contributed by atoms with E-state index in [1.807, 2.05) is 0 Å². The van der Waals surface area contributed by atoms with E-state index in [4.69, 9.17) is 0 Å². The molecule has 0 bridgehead atoms. The van der Waals surface area contributed by atoms with Crippen LogP contribution in [0.15, 0.2) is 10.8 Å². The number of alkyl halides is 2. The zero-order valence-electron chi connectivity index (χ0n) is 4.84. The van der Waals surface area contributed by atoms with Gasteiger partial charge in [-0.05, 0) is 15.9 Å². The molecule has 1 aromatic rings. The summed E-state index contributed by atoms with van der Waals surface area (Å²) in [5.41, 5.74) is 0. The highest BCUT2D eigenvalue weighted by molar-refractivity contribution is 9.10. The molecular formula is C4H4BrF2N3. The number of aromatic nitrogens is 3. The van der Waals surface area contributed by atoms with E-state index in [-0.39, 0.29) is 0 Å². The van der Waals surface area contributed by atoms with Crippen LogP contribution in [0.3, 0.4) is 0 Å². The van der Waals surface area contributed by atoms with Crippen LogP contribution in [-0.2, 0) is 6.54 Å². The summed E-state index contributed by atoms with van der Waals surface area (Å²) < 4.78 is 23.7. The molecule has 1 rings (SSSR count). The van der Waals surface area contributed by atoms with Crippen molar-refractivity contribution in [2.75, 3.05) is 0 Å². The van der Waals surface area contributed by atoms with Gasteiger partial charge in [0.2, 0.25) is 0 Å². The normalized spacial score (nSPS) is 10.8. The molecule has 3 nitrogen and oxygen atoms in total. The highest BCUT2D eigenvalue weighted by Gasteiger charge is 2.04. The monoisotopic (exact) mass is 211 g/mol. The minimum absolute atomic E-state index is 0.453. The Morgan fingerprint density at radius 1 is 1.70 bits per heavy atom. The van der Waals surface area contributed by atoms with Crippen LogP contribution in [0.25, 0.3) is 0 Å². The molecule has 0 spiro atoms. The molecule has 0 radical (unpaired) electrons. The highest BCUT2D eigenvalue weighted by Crippen LogP contribution is 2.02. The van der Waals surface area contributed by atoms with Crippen molar-refractivity contribution in [2.45, 2.75) is 13.0 Å². The van der Waals surface area contributed by atoms with Crippen LogP contribution in [0.4, 0.5) is 8.78 Å². The van der Waals surface area contributed by atoms with Crippen molar-refractivity contribution in [1.82, 2.24) is 15.0 Å². The predicted octanol–water partition coefficient (Wildman–Crippen LogP) is 1.31. The van der Waals surface area contributed by atoms with Gasteiger partial charge in [-0.15, -0.1) is 5.10 Å². The second-order valence-corrected chi connectivity index (χ2v) is 2.43. The molecule has 10 heavy (non-hydrogen) atoms. The molecule has 0 N–H and O–H groups in total. The topological polar surface area (TPSA) is 30.7 Å². The molecule has 0 amide bonds. The maximum Gasteiger partial charge on any atom is 0.259 e. The lowest BCUT2D eigenvalue weighted by atomic mass is 10.7. The van der Waals surface area contributed by atoms with Crippen molar-refractivity contribution in [2.24, 2.45) is 0 Å². The van der Waals surface area contributed by atoms with E-state index >= 15 is 0 Å². The zero-order valence-corrected chi connectivity index (χ0v) is 6.42. The average Bonchev–Trinajstić information content (AvgIpc) is 2.13. The Bertz CT molecular complexity index is 212. The quantitative estimate of drug-likeness (QED) is 0.739. The highest BCUT2D eigenvalue weighted by atomic mass is 79.9. The van der Waals surface area contributed by atoms with Gasteiger partial charge in [0.15, 0.2) is 0 Å². The molecule has 0 aliphatic rings. The van der Waals surface area contributed by atoms with Crippen LogP contribution >= 0.6 is 15.9 Å². The zero-order chi connectivity index (χ0) is 7.56. The Labute approximate surface area is 64.2 Å². The van der Waals surface area contributed by atoms with E-state index in [9.17, 15) is 8.78 Å². The Morgan fingerprint density at radius 2 is 2.40 bits per heavy atom. The summed E-state index contributed by atoms with van der Waals surface area (Å²) in [6.45, 7) is -0.453. The van der Waals surface area contributed by atoms with Gasteiger partial charge in [0.1, 0.15) is 11.1 Å². The minimum Gasteiger partial charge on any atom is -0.208 e. The lowest BCUT2D eigenvalue weighted by molar-refractivity contribution is 0.116. The van der Waals surface area contributed by atoms with E-state index < -0.39 is 13.0 Å². The first-order chi connectivity index (χ1) is 4.68. The van der Waals surface area contributed by atoms with Crippen molar-refractivity contribution in [3.63, 3.8) is 0 Å². The third-order valence-corrected chi connectivity index (χ3v) is 1.17. The van der Waals surface area contributed by atoms with Gasteiger partial charge in [-0.1, -0.05) is 0 Å². The SMILES string of the molecule is FC(F)Cn1ncc(Br)n1. The molecule has 0 unspecified atom stereocenters. The first-order valence-electron chi connectivity index (χ1n) is 2.52. The first-order valence-corrected chi connectivity index (χ1v) is 3.31. The summed E-state index contributed by atoms with van der Waals surface area (Å²) in [6, 6.07) is 0. The van der Waals surface area contributed by atoms with Crippen molar-refractivity contribution in [3.8, 4) is 0 Å². The second kappa shape index (κ2) is 3.05. The molecule has 0 aliphatic heterocycles. The predicted molar refractivity (Wildman–Crippen MR) is 33.7 cm³/mol. The van der Waals surface area contributed by atoms with Gasteiger partial charge in [-0.2, -0.15) is 9.90 Å². The molecule has 0 saturated heterocycles. The molecule has 56 valence electrons. The molecular weight excluding hydrogens is 208 g/mol. The summed E-state index contributed by atoms with van der Waals surface area (Å²) in [5, 5.41) is 7.13. The number of hydrogen-bond acceptors (Lipinski definition) is 2.